The molecule has 0 heterocycles. The zero-order chi connectivity index (χ0) is 21.2. The minimum absolute atomic E-state index is 0.117. The summed E-state index contributed by atoms with van der Waals surface area (Å²) >= 11 is 0. The Labute approximate surface area is 167 Å². The second-order valence-corrected chi connectivity index (χ2v) is 8.18. The summed E-state index contributed by atoms with van der Waals surface area (Å²) in [7, 11) is -3.99. The molecule has 0 aromatic heterocycles. The van der Waals surface area contributed by atoms with Gasteiger partial charge in [-0.05, 0) is 79.6 Å². The van der Waals surface area contributed by atoms with Crippen molar-refractivity contribution < 1.29 is 22.0 Å². The molecule has 3 rings (SSSR count). The number of benzene rings is 3. The van der Waals surface area contributed by atoms with Crippen molar-refractivity contribution in [3.05, 3.63) is 89.0 Å². The van der Waals surface area contributed by atoms with Crippen LogP contribution in [0.2, 0.25) is 0 Å². The molecule has 0 atom stereocenters. The normalized spacial score (nSPS) is 11.2. The molecule has 0 radical (unpaired) electrons. The summed E-state index contributed by atoms with van der Waals surface area (Å²) in [6.07, 6.45) is 0. The lowest BCUT2D eigenvalue weighted by molar-refractivity contribution is 0.102. The Bertz CT molecular complexity index is 1180. The van der Waals surface area contributed by atoms with E-state index in [2.05, 4.69) is 10.0 Å². The number of amides is 1. The molecular weight excluding hydrogens is 398 g/mol. The van der Waals surface area contributed by atoms with Gasteiger partial charge in [0.15, 0.2) is 0 Å². The zero-order valence-electron chi connectivity index (χ0n) is 15.7. The minimum Gasteiger partial charge on any atom is -0.322 e. The highest BCUT2D eigenvalue weighted by atomic mass is 32.2. The molecule has 0 fully saturated rings. The second-order valence-electron chi connectivity index (χ2n) is 6.50. The second kappa shape index (κ2) is 8.00. The molecule has 0 aliphatic rings. The van der Waals surface area contributed by atoms with E-state index in [0.717, 1.165) is 12.1 Å². The summed E-state index contributed by atoms with van der Waals surface area (Å²) in [5.74, 6) is -1.42. The predicted octanol–water partition coefficient (Wildman–Crippen LogP) is 4.63. The number of hydrogen-bond acceptors (Lipinski definition) is 3. The number of sulfonamides is 1. The Morgan fingerprint density at radius 3 is 2.14 bits per heavy atom. The molecule has 0 unspecified atom stereocenters. The number of nitrogens with one attached hydrogen (secondary N) is 2. The maximum Gasteiger partial charge on any atom is 0.261 e. The number of hydrogen-bond donors (Lipinski definition) is 2. The molecule has 0 spiro atoms. The van der Waals surface area contributed by atoms with Gasteiger partial charge in [-0.1, -0.05) is 6.07 Å². The molecule has 5 nitrogen and oxygen atoms in total. The summed E-state index contributed by atoms with van der Waals surface area (Å²) in [4.78, 5) is 12.6. The van der Waals surface area contributed by atoms with Crippen LogP contribution in [0, 0.1) is 25.5 Å². The largest absolute Gasteiger partial charge is 0.322 e. The first-order valence-electron chi connectivity index (χ1n) is 8.62. The Hall–Kier alpha value is -3.26. The molecule has 0 aliphatic heterocycles. The fourth-order valence-corrected chi connectivity index (χ4v) is 3.79. The van der Waals surface area contributed by atoms with E-state index in [9.17, 15) is 22.0 Å². The Morgan fingerprint density at radius 2 is 1.48 bits per heavy atom. The summed E-state index contributed by atoms with van der Waals surface area (Å²) in [5, 5.41) is 2.67. The highest BCUT2D eigenvalue weighted by Gasteiger charge is 2.19. The topological polar surface area (TPSA) is 75.3 Å². The molecule has 8 heteroatoms. The average molecular weight is 416 g/mol. The van der Waals surface area contributed by atoms with E-state index in [0.29, 0.717) is 16.8 Å². The monoisotopic (exact) mass is 416 g/mol. The van der Waals surface area contributed by atoms with Crippen LogP contribution in [-0.4, -0.2) is 14.3 Å². The Kier molecular flexibility index (Phi) is 5.65. The first kappa shape index (κ1) is 20.5. The van der Waals surface area contributed by atoms with Gasteiger partial charge in [-0.2, -0.15) is 0 Å². The van der Waals surface area contributed by atoms with Gasteiger partial charge < -0.3 is 5.32 Å². The lowest BCUT2D eigenvalue weighted by atomic mass is 10.1. The lowest BCUT2D eigenvalue weighted by Crippen LogP contribution is -2.17. The number of halogens is 2. The maximum absolute atomic E-state index is 13.3. The van der Waals surface area contributed by atoms with Crippen LogP contribution in [0.1, 0.15) is 21.5 Å². The summed E-state index contributed by atoms with van der Waals surface area (Å²) in [6.45, 7) is 3.33. The van der Waals surface area contributed by atoms with E-state index >= 15 is 0 Å². The fraction of sp³-hybridized carbons (Fsp3) is 0.0952. The van der Waals surface area contributed by atoms with Gasteiger partial charge in [-0.15, -0.1) is 0 Å². The van der Waals surface area contributed by atoms with Crippen LogP contribution in [0.15, 0.2) is 65.6 Å². The van der Waals surface area contributed by atoms with Gasteiger partial charge in [0, 0.05) is 16.9 Å². The highest BCUT2D eigenvalue weighted by Crippen LogP contribution is 2.22. The van der Waals surface area contributed by atoms with E-state index in [-0.39, 0.29) is 16.1 Å². The molecule has 0 saturated carbocycles. The highest BCUT2D eigenvalue weighted by molar-refractivity contribution is 7.92. The number of rotatable bonds is 5. The van der Waals surface area contributed by atoms with Crippen molar-refractivity contribution in [3.63, 3.8) is 0 Å². The minimum atomic E-state index is -3.99. The van der Waals surface area contributed by atoms with Crippen molar-refractivity contribution in [3.8, 4) is 0 Å². The van der Waals surface area contributed by atoms with Gasteiger partial charge in [0.05, 0.1) is 4.90 Å². The quantitative estimate of drug-likeness (QED) is 0.637. The maximum atomic E-state index is 13.3. The SMILES string of the molecule is Cc1cc(F)ccc1NC(=O)c1cc(S(=O)(=O)Nc2ccc(F)cc2)ccc1C. The standard InChI is InChI=1S/C21H18F2N2O3S/c1-13-3-9-18(29(27,28)25-17-7-4-15(22)5-8-17)12-19(13)21(26)24-20-10-6-16(23)11-14(20)2/h3-12,25H,1-2H3,(H,24,26). The third-order valence-electron chi connectivity index (χ3n) is 4.30. The van der Waals surface area contributed by atoms with Crippen molar-refractivity contribution >= 4 is 27.3 Å². The Balaban J connectivity index is 1.88. The number of carbonyl (C=O) groups excluding carboxylic acids is 1. The van der Waals surface area contributed by atoms with Crippen molar-refractivity contribution in [2.75, 3.05) is 10.0 Å². The average Bonchev–Trinajstić information content (AvgIpc) is 2.66. The van der Waals surface area contributed by atoms with E-state index in [4.69, 9.17) is 0 Å². The van der Waals surface area contributed by atoms with Crippen LogP contribution in [0.25, 0.3) is 0 Å². The summed E-state index contributed by atoms with van der Waals surface area (Å²) in [5.41, 5.74) is 1.89. The van der Waals surface area contributed by atoms with Crippen molar-refractivity contribution in [1.82, 2.24) is 0 Å². The number of anilines is 2. The smallest absolute Gasteiger partial charge is 0.261 e. The van der Waals surface area contributed by atoms with E-state index in [1.165, 1.54) is 48.5 Å². The van der Waals surface area contributed by atoms with Gasteiger partial charge >= 0.3 is 0 Å². The first-order chi connectivity index (χ1) is 13.7. The third kappa shape index (κ3) is 4.78. The molecule has 0 bridgehead atoms. The van der Waals surface area contributed by atoms with Crippen molar-refractivity contribution in [1.29, 1.82) is 0 Å². The summed E-state index contributed by atoms with van der Waals surface area (Å²) < 4.78 is 53.9. The molecule has 29 heavy (non-hydrogen) atoms. The molecule has 2 N–H and O–H groups in total. The van der Waals surface area contributed by atoms with Gasteiger partial charge in [0.2, 0.25) is 0 Å². The van der Waals surface area contributed by atoms with E-state index in [1.54, 1.807) is 13.8 Å². The van der Waals surface area contributed by atoms with Crippen molar-refractivity contribution in [2.24, 2.45) is 0 Å². The van der Waals surface area contributed by atoms with Gasteiger partial charge in [-0.25, -0.2) is 17.2 Å². The fourth-order valence-electron chi connectivity index (χ4n) is 2.70. The molecule has 1 amide bonds. The van der Waals surface area contributed by atoms with Crippen LogP contribution in [0.4, 0.5) is 20.2 Å². The van der Waals surface area contributed by atoms with E-state index < -0.39 is 27.6 Å². The van der Waals surface area contributed by atoms with Crippen LogP contribution >= 0.6 is 0 Å². The third-order valence-corrected chi connectivity index (χ3v) is 5.68. The molecular formula is C21H18F2N2O3S. The molecule has 0 aliphatic carbocycles. The van der Waals surface area contributed by atoms with Gasteiger partial charge in [0.1, 0.15) is 11.6 Å². The first-order valence-corrected chi connectivity index (χ1v) is 10.1. The lowest BCUT2D eigenvalue weighted by Gasteiger charge is -2.13. The van der Waals surface area contributed by atoms with Crippen LogP contribution in [-0.2, 0) is 10.0 Å². The number of carbonyl (C=O) groups is 1. The van der Waals surface area contributed by atoms with Crippen LogP contribution in [0.3, 0.4) is 0 Å². The van der Waals surface area contributed by atoms with Gasteiger partial charge in [-0.3, -0.25) is 9.52 Å². The predicted molar refractivity (Wildman–Crippen MR) is 107 cm³/mol. The molecule has 3 aromatic carbocycles. The van der Waals surface area contributed by atoms with Gasteiger partial charge in [0.25, 0.3) is 15.9 Å². The molecule has 150 valence electrons. The zero-order valence-corrected chi connectivity index (χ0v) is 16.5. The molecule has 0 saturated heterocycles. The van der Waals surface area contributed by atoms with Crippen LogP contribution < -0.4 is 10.0 Å². The number of aryl methyl sites for hydroxylation is 2. The van der Waals surface area contributed by atoms with Crippen molar-refractivity contribution in [2.45, 2.75) is 18.7 Å². The molecule has 3 aromatic rings. The summed E-state index contributed by atoms with van der Waals surface area (Å²) in [6, 6.07) is 13.0. The Morgan fingerprint density at radius 1 is 0.828 bits per heavy atom. The van der Waals surface area contributed by atoms with E-state index in [1.807, 2.05) is 0 Å². The van der Waals surface area contributed by atoms with Crippen LogP contribution in [0.5, 0.6) is 0 Å².